The van der Waals surface area contributed by atoms with E-state index in [0.717, 1.165) is 40.1 Å². The van der Waals surface area contributed by atoms with Crippen LogP contribution in [-0.4, -0.2) is 39.7 Å². The number of nitrogens with one attached hydrogen (secondary N) is 1. The van der Waals surface area contributed by atoms with E-state index in [4.69, 9.17) is 0 Å². The molecule has 0 radical (unpaired) electrons. The van der Waals surface area contributed by atoms with Crippen molar-refractivity contribution in [3.8, 4) is 0 Å². The van der Waals surface area contributed by atoms with Crippen molar-refractivity contribution in [2.24, 2.45) is 4.99 Å². The summed E-state index contributed by atoms with van der Waals surface area (Å²) in [6, 6.07) is 7.90. The van der Waals surface area contributed by atoms with Gasteiger partial charge in [0.15, 0.2) is 5.17 Å². The fraction of sp³-hybridized carbons (Fsp3) is 0.571. The summed E-state index contributed by atoms with van der Waals surface area (Å²) in [6.45, 7) is 2.64. The largest absolute Gasteiger partial charge is 0.326 e. The summed E-state index contributed by atoms with van der Waals surface area (Å²) in [7, 11) is 0. The third kappa shape index (κ3) is 5.72. The van der Waals surface area contributed by atoms with Crippen molar-refractivity contribution in [3.63, 3.8) is 0 Å². The highest BCUT2D eigenvalue weighted by molar-refractivity contribution is 14.1. The van der Waals surface area contributed by atoms with Gasteiger partial charge in [0.05, 0.1) is 0 Å². The lowest BCUT2D eigenvalue weighted by Gasteiger charge is -2.29. The fourth-order valence-corrected chi connectivity index (χ4v) is 5.42. The van der Waals surface area contributed by atoms with Crippen molar-refractivity contribution >= 4 is 57.0 Å². The number of carbonyl (C=O) groups excluding carboxylic acids is 2. The number of aliphatic imine (C=N–C) groups is 1. The fourth-order valence-electron chi connectivity index (χ4n) is 3.80. The van der Waals surface area contributed by atoms with Gasteiger partial charge in [0.25, 0.3) is 0 Å². The molecule has 7 heteroatoms. The molecule has 0 bridgehead atoms. The van der Waals surface area contributed by atoms with E-state index in [0.29, 0.717) is 6.54 Å². The number of amides is 2. The maximum absolute atomic E-state index is 13.2. The van der Waals surface area contributed by atoms with Crippen molar-refractivity contribution in [2.45, 2.75) is 69.6 Å². The molecule has 1 aliphatic carbocycles. The highest BCUT2D eigenvalue weighted by Crippen LogP contribution is 2.35. The molecule has 1 saturated heterocycles. The van der Waals surface area contributed by atoms with Gasteiger partial charge in [-0.15, -0.1) is 0 Å². The van der Waals surface area contributed by atoms with Gasteiger partial charge in [-0.2, -0.15) is 0 Å². The average molecular weight is 513 g/mol. The van der Waals surface area contributed by atoms with E-state index in [1.165, 1.54) is 31.0 Å². The Hall–Kier alpha value is -1.09. The minimum Gasteiger partial charge on any atom is -0.326 e. The number of halogens is 1. The zero-order chi connectivity index (χ0) is 19.9. The molecule has 1 N–H and O–H groups in total. The molecule has 0 unspecified atom stereocenters. The SMILES string of the molecule is CCN=C1S[C@@H](CC(=O)Nc2ccc(I)cc2)C(=O)N1C1CCCCCCC1. The first-order valence-electron chi connectivity index (χ1n) is 10.2. The maximum Gasteiger partial charge on any atom is 0.242 e. The standard InChI is InChI=1S/C21H28IN3O2S/c1-2-23-21-25(17-8-6-4-3-5-7-9-17)20(27)18(28-21)14-19(26)24-16-12-10-15(22)11-13-16/h10-13,17-18H,2-9,14H2,1H3,(H,24,26)/t18-/m0/s1. The van der Waals surface area contributed by atoms with E-state index in [1.807, 2.05) is 36.1 Å². The number of benzene rings is 1. The number of hydrogen-bond acceptors (Lipinski definition) is 4. The van der Waals surface area contributed by atoms with Crippen LogP contribution in [0, 0.1) is 3.57 Å². The molecule has 1 aliphatic heterocycles. The first kappa shape index (κ1) is 21.6. The second kappa shape index (κ2) is 10.6. The Bertz CT molecular complexity index is 715. The zero-order valence-corrected chi connectivity index (χ0v) is 19.3. The Morgan fingerprint density at radius 1 is 1.18 bits per heavy atom. The quantitative estimate of drug-likeness (QED) is 0.561. The van der Waals surface area contributed by atoms with Gasteiger partial charge in [-0.25, -0.2) is 0 Å². The molecular formula is C21H28IN3O2S. The van der Waals surface area contributed by atoms with Crippen LogP contribution in [-0.2, 0) is 9.59 Å². The number of hydrogen-bond donors (Lipinski definition) is 1. The topological polar surface area (TPSA) is 61.8 Å². The molecule has 2 fully saturated rings. The van der Waals surface area contributed by atoms with Crippen molar-refractivity contribution in [1.29, 1.82) is 0 Å². The Morgan fingerprint density at radius 2 is 1.82 bits per heavy atom. The predicted octanol–water partition coefficient (Wildman–Crippen LogP) is 5.05. The summed E-state index contributed by atoms with van der Waals surface area (Å²) in [5.41, 5.74) is 0.764. The molecule has 5 nitrogen and oxygen atoms in total. The van der Waals surface area contributed by atoms with E-state index in [1.54, 1.807) is 0 Å². The summed E-state index contributed by atoms with van der Waals surface area (Å²) >= 11 is 3.69. The molecule has 1 aromatic rings. The second-order valence-electron chi connectivity index (χ2n) is 7.33. The van der Waals surface area contributed by atoms with Crippen molar-refractivity contribution in [1.82, 2.24) is 4.90 Å². The molecule has 28 heavy (non-hydrogen) atoms. The first-order chi connectivity index (χ1) is 13.6. The lowest BCUT2D eigenvalue weighted by molar-refractivity contribution is -0.129. The Balaban J connectivity index is 1.66. The van der Waals surface area contributed by atoms with Crippen LogP contribution >= 0.6 is 34.4 Å². The van der Waals surface area contributed by atoms with Gasteiger partial charge in [-0.3, -0.25) is 19.5 Å². The minimum absolute atomic E-state index is 0.0560. The van der Waals surface area contributed by atoms with Gasteiger partial charge >= 0.3 is 0 Å². The highest BCUT2D eigenvalue weighted by Gasteiger charge is 2.42. The minimum atomic E-state index is -0.375. The summed E-state index contributed by atoms with van der Waals surface area (Å²) < 4.78 is 1.12. The van der Waals surface area contributed by atoms with Gasteiger partial charge in [0.1, 0.15) is 5.25 Å². The van der Waals surface area contributed by atoms with Crippen molar-refractivity contribution in [2.75, 3.05) is 11.9 Å². The van der Waals surface area contributed by atoms with Gasteiger partial charge in [-0.05, 0) is 66.6 Å². The van der Waals surface area contributed by atoms with Crippen LogP contribution in [0.2, 0.25) is 0 Å². The molecule has 2 aliphatic rings. The van der Waals surface area contributed by atoms with Gasteiger partial charge in [-0.1, -0.05) is 43.9 Å². The summed E-state index contributed by atoms with van der Waals surface area (Å²) in [4.78, 5) is 32.2. The number of rotatable bonds is 5. The number of nitrogens with zero attached hydrogens (tertiary/aromatic N) is 2. The van der Waals surface area contributed by atoms with Crippen LogP contribution in [0.3, 0.4) is 0 Å². The lowest BCUT2D eigenvalue weighted by atomic mass is 9.95. The maximum atomic E-state index is 13.2. The Labute approximate surface area is 185 Å². The number of amidine groups is 1. The summed E-state index contributed by atoms with van der Waals surface area (Å²) in [5.74, 6) is -0.0667. The molecule has 1 saturated carbocycles. The molecular weight excluding hydrogens is 485 g/mol. The van der Waals surface area contributed by atoms with E-state index >= 15 is 0 Å². The van der Waals surface area contributed by atoms with Crippen molar-refractivity contribution in [3.05, 3.63) is 27.8 Å². The Morgan fingerprint density at radius 3 is 2.46 bits per heavy atom. The molecule has 1 aromatic carbocycles. The van der Waals surface area contributed by atoms with E-state index in [9.17, 15) is 9.59 Å². The second-order valence-corrected chi connectivity index (χ2v) is 9.75. The lowest BCUT2D eigenvalue weighted by Crippen LogP contribution is -2.42. The van der Waals surface area contributed by atoms with Crippen molar-refractivity contribution < 1.29 is 9.59 Å². The van der Waals surface area contributed by atoms with Gasteiger partial charge in [0, 0.05) is 28.3 Å². The highest BCUT2D eigenvalue weighted by atomic mass is 127. The third-order valence-corrected chi connectivity index (χ3v) is 7.11. The number of thioether (sulfide) groups is 1. The molecule has 152 valence electrons. The Kier molecular flexibility index (Phi) is 8.20. The van der Waals surface area contributed by atoms with Crippen LogP contribution in [0.1, 0.15) is 58.3 Å². The van der Waals surface area contributed by atoms with Gasteiger partial charge < -0.3 is 5.32 Å². The monoisotopic (exact) mass is 513 g/mol. The third-order valence-electron chi connectivity index (χ3n) is 5.20. The average Bonchev–Trinajstić information content (AvgIpc) is 2.93. The molecule has 3 rings (SSSR count). The molecule has 2 amide bonds. The van der Waals surface area contributed by atoms with Crippen LogP contribution < -0.4 is 5.32 Å². The first-order valence-corrected chi connectivity index (χ1v) is 12.1. The van der Waals surface area contributed by atoms with E-state index in [2.05, 4.69) is 32.9 Å². The van der Waals surface area contributed by atoms with Crippen LogP contribution in [0.5, 0.6) is 0 Å². The smallest absolute Gasteiger partial charge is 0.242 e. The summed E-state index contributed by atoms with van der Waals surface area (Å²) in [5, 5.41) is 3.34. The van der Waals surface area contributed by atoms with E-state index < -0.39 is 0 Å². The van der Waals surface area contributed by atoms with Crippen LogP contribution in [0.4, 0.5) is 5.69 Å². The molecule has 1 atom stereocenters. The molecule has 0 spiro atoms. The van der Waals surface area contributed by atoms with Crippen LogP contribution in [0.15, 0.2) is 29.3 Å². The van der Waals surface area contributed by atoms with Crippen LogP contribution in [0.25, 0.3) is 0 Å². The zero-order valence-electron chi connectivity index (χ0n) is 16.3. The van der Waals surface area contributed by atoms with Gasteiger partial charge in [0.2, 0.25) is 11.8 Å². The van der Waals surface area contributed by atoms with E-state index in [-0.39, 0.29) is 29.5 Å². The molecule has 1 heterocycles. The number of anilines is 1. The predicted molar refractivity (Wildman–Crippen MR) is 125 cm³/mol. The summed E-state index contributed by atoms with van der Waals surface area (Å²) in [6.07, 6.45) is 8.37. The molecule has 0 aromatic heterocycles. The number of carbonyl (C=O) groups is 2. The normalized spacial score (nSPS) is 22.9.